The van der Waals surface area contributed by atoms with Gasteiger partial charge in [0.2, 0.25) is 5.91 Å². The molecule has 0 spiro atoms. The normalized spacial score (nSPS) is 18.7. The van der Waals surface area contributed by atoms with Crippen molar-refractivity contribution in [1.29, 1.82) is 0 Å². The summed E-state index contributed by atoms with van der Waals surface area (Å²) < 4.78 is 0. The summed E-state index contributed by atoms with van der Waals surface area (Å²) in [6.07, 6.45) is 9.80. The molecule has 4 rings (SSSR count). The second kappa shape index (κ2) is 13.5. The van der Waals surface area contributed by atoms with Crippen molar-refractivity contribution in [1.82, 2.24) is 4.90 Å². The van der Waals surface area contributed by atoms with Crippen molar-refractivity contribution in [2.24, 2.45) is 5.92 Å². The highest BCUT2D eigenvalue weighted by molar-refractivity contribution is 6.30. The van der Waals surface area contributed by atoms with E-state index >= 15 is 0 Å². The van der Waals surface area contributed by atoms with E-state index in [1.807, 2.05) is 49.4 Å². The Bertz CT molecular complexity index is 754. The first-order chi connectivity index (χ1) is 14.5. The minimum atomic E-state index is 0.258. The fraction of sp³-hybridized carbons (Fsp3) is 0.423. The number of likely N-dealkylation sites (tertiary alicyclic amines) is 1. The third kappa shape index (κ3) is 8.16. The zero-order chi connectivity index (χ0) is 21.8. The third-order valence-corrected chi connectivity index (χ3v) is 5.99. The van der Waals surface area contributed by atoms with Gasteiger partial charge in [-0.2, -0.15) is 0 Å². The molecule has 2 nitrogen and oxygen atoms in total. The molecule has 1 aliphatic carbocycles. The van der Waals surface area contributed by atoms with Crippen LogP contribution < -0.4 is 0 Å². The van der Waals surface area contributed by atoms with Gasteiger partial charge in [0.25, 0.3) is 0 Å². The number of piperidine rings is 1. The van der Waals surface area contributed by atoms with E-state index in [1.165, 1.54) is 31.2 Å². The van der Waals surface area contributed by atoms with Gasteiger partial charge in [-0.25, -0.2) is 0 Å². The molecule has 0 radical (unpaired) electrons. The van der Waals surface area contributed by atoms with Gasteiger partial charge in [-0.1, -0.05) is 72.5 Å². The molecule has 2 aromatic carbocycles. The summed E-state index contributed by atoms with van der Waals surface area (Å²) in [5, 5.41) is 1.56. The Morgan fingerprint density at radius 1 is 0.933 bits per heavy atom. The van der Waals surface area contributed by atoms with E-state index < -0.39 is 0 Å². The Labute approximate surface area is 191 Å². The second-order valence-electron chi connectivity index (χ2n) is 7.86. The van der Waals surface area contributed by atoms with Crippen molar-refractivity contribution in [2.75, 3.05) is 6.54 Å². The smallest absolute Gasteiger partial charge is 0.223 e. The van der Waals surface area contributed by atoms with Crippen LogP contribution in [0.1, 0.15) is 63.5 Å². The summed E-state index contributed by atoms with van der Waals surface area (Å²) in [6, 6.07) is 17.7. The highest BCUT2D eigenvalue weighted by Crippen LogP contribution is 2.35. The Balaban J connectivity index is 0.000000266. The first-order valence-corrected chi connectivity index (χ1v) is 11.6. The van der Waals surface area contributed by atoms with E-state index in [2.05, 4.69) is 23.6 Å². The summed E-state index contributed by atoms with van der Waals surface area (Å²) in [6.45, 7) is 6.20. The Morgan fingerprint density at radius 3 is 2.03 bits per heavy atom. The number of allylic oxidation sites excluding steroid dienone is 1. The monoisotopic (exact) mass is 445 g/mol. The molecule has 1 atom stereocenters. The van der Waals surface area contributed by atoms with Crippen LogP contribution in [0.15, 0.2) is 67.3 Å². The van der Waals surface area contributed by atoms with Gasteiger partial charge in [0.1, 0.15) is 0 Å². The standard InChI is InChI=1S/C17H22ClNO.C6H5Cl.C3H6/c18-15-10-8-14(9-11-15)16-6-3-7-17(20)19(16)12-13-4-1-2-5-13;7-6-4-2-1-3-5-6;1-3-2/h8-11,13,16H,1-7,12H2;1-5H;3H,1H2,2H3/t16-;;/m0../s1. The molecule has 1 saturated carbocycles. The Kier molecular flexibility index (Phi) is 11.0. The molecule has 162 valence electrons. The van der Waals surface area contributed by atoms with Crippen molar-refractivity contribution >= 4 is 29.1 Å². The van der Waals surface area contributed by atoms with Gasteiger partial charge in [0.05, 0.1) is 6.04 Å². The van der Waals surface area contributed by atoms with E-state index in [4.69, 9.17) is 23.2 Å². The zero-order valence-corrected chi connectivity index (χ0v) is 19.4. The van der Waals surface area contributed by atoms with Crippen LogP contribution in [-0.2, 0) is 4.79 Å². The summed E-state index contributed by atoms with van der Waals surface area (Å²) >= 11 is 11.5. The molecule has 1 saturated heterocycles. The molecule has 0 unspecified atom stereocenters. The third-order valence-electron chi connectivity index (χ3n) is 5.48. The molecular weight excluding hydrogens is 413 g/mol. The maximum atomic E-state index is 12.3. The lowest BCUT2D eigenvalue weighted by molar-refractivity contribution is -0.137. The van der Waals surface area contributed by atoms with Crippen LogP contribution in [0.4, 0.5) is 0 Å². The maximum absolute atomic E-state index is 12.3. The average molecular weight is 446 g/mol. The van der Waals surface area contributed by atoms with E-state index in [0.717, 1.165) is 35.9 Å². The van der Waals surface area contributed by atoms with Crippen LogP contribution >= 0.6 is 23.2 Å². The predicted molar refractivity (Wildman–Crippen MR) is 129 cm³/mol. The van der Waals surface area contributed by atoms with Crippen LogP contribution in [0.2, 0.25) is 10.0 Å². The average Bonchev–Trinajstić information content (AvgIpc) is 3.25. The van der Waals surface area contributed by atoms with E-state index in [-0.39, 0.29) is 6.04 Å². The summed E-state index contributed by atoms with van der Waals surface area (Å²) in [5.41, 5.74) is 1.24. The van der Waals surface area contributed by atoms with E-state index in [1.54, 1.807) is 6.08 Å². The molecule has 2 fully saturated rings. The van der Waals surface area contributed by atoms with Crippen molar-refractivity contribution < 1.29 is 4.79 Å². The predicted octanol–water partition coefficient (Wildman–Crippen LogP) is 8.12. The molecule has 1 amide bonds. The maximum Gasteiger partial charge on any atom is 0.223 e. The number of benzene rings is 2. The quantitative estimate of drug-likeness (QED) is 0.436. The van der Waals surface area contributed by atoms with Gasteiger partial charge >= 0.3 is 0 Å². The van der Waals surface area contributed by atoms with Crippen molar-refractivity contribution in [2.45, 2.75) is 57.9 Å². The van der Waals surface area contributed by atoms with Gasteiger partial charge in [-0.05, 0) is 68.4 Å². The van der Waals surface area contributed by atoms with Gasteiger partial charge in [0.15, 0.2) is 0 Å². The minimum Gasteiger partial charge on any atom is -0.335 e. The number of hydrogen-bond acceptors (Lipinski definition) is 1. The first-order valence-electron chi connectivity index (χ1n) is 10.9. The molecule has 0 N–H and O–H groups in total. The lowest BCUT2D eigenvalue weighted by Gasteiger charge is -2.37. The molecule has 4 heteroatoms. The van der Waals surface area contributed by atoms with Crippen molar-refractivity contribution in [3.05, 3.63) is 82.9 Å². The van der Waals surface area contributed by atoms with Crippen LogP contribution in [0, 0.1) is 5.92 Å². The fourth-order valence-corrected chi connectivity index (χ4v) is 4.34. The fourth-order valence-electron chi connectivity index (χ4n) is 4.07. The summed E-state index contributed by atoms with van der Waals surface area (Å²) in [5.74, 6) is 1.05. The summed E-state index contributed by atoms with van der Waals surface area (Å²) in [4.78, 5) is 14.5. The molecule has 2 aromatic rings. The molecule has 0 bridgehead atoms. The summed E-state index contributed by atoms with van der Waals surface area (Å²) in [7, 11) is 0. The van der Waals surface area contributed by atoms with Crippen LogP contribution in [0.5, 0.6) is 0 Å². The van der Waals surface area contributed by atoms with Gasteiger partial charge in [0, 0.05) is 23.0 Å². The van der Waals surface area contributed by atoms with E-state index in [0.29, 0.717) is 11.8 Å². The second-order valence-corrected chi connectivity index (χ2v) is 8.73. The van der Waals surface area contributed by atoms with Crippen LogP contribution in [0.25, 0.3) is 0 Å². The zero-order valence-electron chi connectivity index (χ0n) is 17.9. The number of carbonyl (C=O) groups is 1. The lowest BCUT2D eigenvalue weighted by Crippen LogP contribution is -2.40. The van der Waals surface area contributed by atoms with Gasteiger partial charge in [-0.15, -0.1) is 6.58 Å². The molecular formula is C26H33Cl2NO. The Morgan fingerprint density at radius 2 is 1.50 bits per heavy atom. The van der Waals surface area contributed by atoms with Crippen LogP contribution in [0.3, 0.4) is 0 Å². The molecule has 1 aliphatic heterocycles. The first kappa shape index (κ1) is 24.5. The Hall–Kier alpha value is -1.77. The SMILES string of the molecule is C=CC.Clc1ccccc1.O=C1CCC[C@@H](c2ccc(Cl)cc2)N1CC1CCCC1. The van der Waals surface area contributed by atoms with Gasteiger partial charge in [-0.3, -0.25) is 4.79 Å². The van der Waals surface area contributed by atoms with E-state index in [9.17, 15) is 4.79 Å². The van der Waals surface area contributed by atoms with Gasteiger partial charge < -0.3 is 4.90 Å². The number of hydrogen-bond donors (Lipinski definition) is 0. The topological polar surface area (TPSA) is 20.3 Å². The van der Waals surface area contributed by atoms with Crippen molar-refractivity contribution in [3.8, 4) is 0 Å². The largest absolute Gasteiger partial charge is 0.335 e. The minimum absolute atomic E-state index is 0.258. The number of amides is 1. The number of carbonyl (C=O) groups excluding carboxylic acids is 1. The molecule has 1 heterocycles. The molecule has 2 aliphatic rings. The highest BCUT2D eigenvalue weighted by Gasteiger charge is 2.31. The highest BCUT2D eigenvalue weighted by atomic mass is 35.5. The lowest BCUT2D eigenvalue weighted by atomic mass is 9.93. The van der Waals surface area contributed by atoms with Crippen LogP contribution in [-0.4, -0.2) is 17.4 Å². The number of halogens is 2. The number of nitrogens with zero attached hydrogens (tertiary/aromatic N) is 1. The van der Waals surface area contributed by atoms with Crippen molar-refractivity contribution in [3.63, 3.8) is 0 Å². The molecule has 0 aromatic heterocycles. The molecule has 30 heavy (non-hydrogen) atoms. The number of rotatable bonds is 3.